The summed E-state index contributed by atoms with van der Waals surface area (Å²) in [6.07, 6.45) is 0. The average molecular weight is 307 g/mol. The van der Waals surface area contributed by atoms with E-state index in [0.717, 1.165) is 5.56 Å². The SMILES string of the molecule is COc1ccc(F)cc1C(C)NC(c1cccs1)C(C)C. The maximum atomic E-state index is 13.5. The number of nitrogens with one attached hydrogen (secondary N) is 1. The van der Waals surface area contributed by atoms with Crippen LogP contribution in [0, 0.1) is 11.7 Å². The molecule has 1 aromatic heterocycles. The van der Waals surface area contributed by atoms with E-state index in [0.29, 0.717) is 11.7 Å². The van der Waals surface area contributed by atoms with Gasteiger partial charge in [0.15, 0.2) is 0 Å². The van der Waals surface area contributed by atoms with Crippen LogP contribution in [0.2, 0.25) is 0 Å². The number of ether oxygens (including phenoxy) is 1. The van der Waals surface area contributed by atoms with Crippen LogP contribution in [0.3, 0.4) is 0 Å². The second-order valence-corrected chi connectivity index (χ2v) is 6.49. The molecule has 1 heterocycles. The summed E-state index contributed by atoms with van der Waals surface area (Å²) in [6, 6.07) is 9.09. The van der Waals surface area contributed by atoms with Crippen LogP contribution in [-0.4, -0.2) is 7.11 Å². The van der Waals surface area contributed by atoms with Gasteiger partial charge in [-0.3, -0.25) is 0 Å². The van der Waals surface area contributed by atoms with Crippen LogP contribution >= 0.6 is 11.3 Å². The van der Waals surface area contributed by atoms with Gasteiger partial charge in [-0.05, 0) is 42.5 Å². The molecule has 0 saturated heterocycles. The topological polar surface area (TPSA) is 21.3 Å². The molecule has 2 atom stereocenters. The molecule has 0 aliphatic rings. The molecule has 1 N–H and O–H groups in total. The molecule has 0 radical (unpaired) electrons. The Balaban J connectivity index is 2.23. The molecule has 0 fully saturated rings. The molecule has 4 heteroatoms. The summed E-state index contributed by atoms with van der Waals surface area (Å²) in [5.74, 6) is 0.924. The number of methoxy groups -OCH3 is 1. The molecule has 21 heavy (non-hydrogen) atoms. The van der Waals surface area contributed by atoms with Gasteiger partial charge in [-0.25, -0.2) is 4.39 Å². The summed E-state index contributed by atoms with van der Waals surface area (Å²) < 4.78 is 18.9. The second-order valence-electron chi connectivity index (χ2n) is 5.51. The lowest BCUT2D eigenvalue weighted by molar-refractivity contribution is 0.361. The summed E-state index contributed by atoms with van der Waals surface area (Å²) in [4.78, 5) is 1.30. The van der Waals surface area contributed by atoms with Crippen LogP contribution in [-0.2, 0) is 0 Å². The summed E-state index contributed by atoms with van der Waals surface area (Å²) in [5, 5.41) is 5.68. The summed E-state index contributed by atoms with van der Waals surface area (Å²) in [5.41, 5.74) is 0.847. The monoisotopic (exact) mass is 307 g/mol. The van der Waals surface area contributed by atoms with Crippen molar-refractivity contribution in [1.29, 1.82) is 0 Å². The summed E-state index contributed by atoms with van der Waals surface area (Å²) >= 11 is 1.74. The zero-order chi connectivity index (χ0) is 15.4. The predicted octanol–water partition coefficient (Wildman–Crippen LogP) is 4.94. The second kappa shape index (κ2) is 7.05. The minimum atomic E-state index is -0.239. The molecule has 2 rings (SSSR count). The maximum Gasteiger partial charge on any atom is 0.123 e. The van der Waals surface area contributed by atoms with Crippen LogP contribution in [0.15, 0.2) is 35.7 Å². The van der Waals surface area contributed by atoms with Gasteiger partial charge in [0.2, 0.25) is 0 Å². The molecular weight excluding hydrogens is 285 g/mol. The Kier molecular flexibility index (Phi) is 5.37. The molecule has 0 amide bonds. The van der Waals surface area contributed by atoms with Crippen molar-refractivity contribution in [3.05, 3.63) is 52.0 Å². The van der Waals surface area contributed by atoms with E-state index in [-0.39, 0.29) is 17.9 Å². The molecule has 114 valence electrons. The lowest BCUT2D eigenvalue weighted by Crippen LogP contribution is -2.28. The van der Waals surface area contributed by atoms with Gasteiger partial charge in [0.1, 0.15) is 11.6 Å². The number of thiophene rings is 1. The van der Waals surface area contributed by atoms with Gasteiger partial charge in [0.05, 0.1) is 7.11 Å². The molecule has 0 aliphatic carbocycles. The first-order chi connectivity index (χ1) is 10.0. The first-order valence-corrected chi connectivity index (χ1v) is 8.03. The lowest BCUT2D eigenvalue weighted by Gasteiger charge is -2.27. The zero-order valence-corrected chi connectivity index (χ0v) is 13.7. The van der Waals surface area contributed by atoms with Crippen LogP contribution < -0.4 is 10.1 Å². The maximum absolute atomic E-state index is 13.5. The highest BCUT2D eigenvalue weighted by atomic mass is 32.1. The van der Waals surface area contributed by atoms with Gasteiger partial charge in [0.25, 0.3) is 0 Å². The number of hydrogen-bond acceptors (Lipinski definition) is 3. The Labute approximate surface area is 130 Å². The minimum Gasteiger partial charge on any atom is -0.496 e. The fourth-order valence-corrected chi connectivity index (χ4v) is 3.43. The van der Waals surface area contributed by atoms with Crippen molar-refractivity contribution in [2.24, 2.45) is 5.92 Å². The number of hydrogen-bond donors (Lipinski definition) is 1. The van der Waals surface area contributed by atoms with Crippen molar-refractivity contribution in [2.45, 2.75) is 32.9 Å². The standard InChI is InChI=1S/C17H22FNOS/c1-11(2)17(16-6-5-9-21-16)19-12(3)14-10-13(18)7-8-15(14)20-4/h5-12,17,19H,1-4H3. The van der Waals surface area contributed by atoms with E-state index >= 15 is 0 Å². The van der Waals surface area contributed by atoms with E-state index in [1.54, 1.807) is 30.6 Å². The summed E-state index contributed by atoms with van der Waals surface area (Å²) in [7, 11) is 1.61. The first kappa shape index (κ1) is 16.0. The number of rotatable bonds is 6. The Morgan fingerprint density at radius 3 is 2.52 bits per heavy atom. The van der Waals surface area contributed by atoms with Crippen molar-refractivity contribution in [3.8, 4) is 5.75 Å². The molecule has 0 bridgehead atoms. The van der Waals surface area contributed by atoms with Crippen LogP contribution in [0.25, 0.3) is 0 Å². The van der Waals surface area contributed by atoms with E-state index in [1.165, 1.54) is 10.9 Å². The van der Waals surface area contributed by atoms with Gasteiger partial charge < -0.3 is 10.1 Å². The quantitative estimate of drug-likeness (QED) is 0.816. The molecule has 0 aliphatic heterocycles. The van der Waals surface area contributed by atoms with Gasteiger partial charge in [-0.1, -0.05) is 19.9 Å². The smallest absolute Gasteiger partial charge is 0.123 e. The van der Waals surface area contributed by atoms with E-state index in [2.05, 4.69) is 36.7 Å². The molecule has 2 nitrogen and oxygen atoms in total. The molecule has 0 saturated carbocycles. The lowest BCUT2D eigenvalue weighted by atomic mass is 9.99. The Morgan fingerprint density at radius 2 is 1.95 bits per heavy atom. The fourth-order valence-electron chi connectivity index (χ4n) is 2.47. The Hall–Kier alpha value is -1.39. The molecule has 0 spiro atoms. The largest absolute Gasteiger partial charge is 0.496 e. The van der Waals surface area contributed by atoms with Crippen LogP contribution in [0.1, 0.15) is 43.3 Å². The highest BCUT2D eigenvalue weighted by molar-refractivity contribution is 7.10. The van der Waals surface area contributed by atoms with Gasteiger partial charge in [-0.15, -0.1) is 11.3 Å². The van der Waals surface area contributed by atoms with E-state index in [1.807, 2.05) is 6.92 Å². The molecule has 2 aromatic rings. The van der Waals surface area contributed by atoms with Gasteiger partial charge in [0, 0.05) is 22.5 Å². The van der Waals surface area contributed by atoms with E-state index in [9.17, 15) is 4.39 Å². The number of benzene rings is 1. The molecular formula is C17H22FNOS. The van der Waals surface area contributed by atoms with Gasteiger partial charge >= 0.3 is 0 Å². The number of halogens is 1. The van der Waals surface area contributed by atoms with Crippen molar-refractivity contribution >= 4 is 11.3 Å². The van der Waals surface area contributed by atoms with Crippen molar-refractivity contribution in [2.75, 3.05) is 7.11 Å². The van der Waals surface area contributed by atoms with Crippen LogP contribution in [0.4, 0.5) is 4.39 Å². The third kappa shape index (κ3) is 3.83. The first-order valence-electron chi connectivity index (χ1n) is 7.15. The van der Waals surface area contributed by atoms with Crippen molar-refractivity contribution < 1.29 is 9.13 Å². The van der Waals surface area contributed by atoms with Crippen molar-refractivity contribution in [1.82, 2.24) is 5.32 Å². The van der Waals surface area contributed by atoms with E-state index < -0.39 is 0 Å². The molecule has 2 unspecified atom stereocenters. The van der Waals surface area contributed by atoms with Gasteiger partial charge in [-0.2, -0.15) is 0 Å². The zero-order valence-electron chi connectivity index (χ0n) is 12.9. The minimum absolute atomic E-state index is 0.00477. The third-order valence-corrected chi connectivity index (χ3v) is 4.56. The average Bonchev–Trinajstić information content (AvgIpc) is 2.97. The van der Waals surface area contributed by atoms with Crippen molar-refractivity contribution in [3.63, 3.8) is 0 Å². The predicted molar refractivity (Wildman–Crippen MR) is 86.4 cm³/mol. The summed E-state index contributed by atoms with van der Waals surface area (Å²) in [6.45, 7) is 6.42. The highest BCUT2D eigenvalue weighted by Gasteiger charge is 2.21. The Bertz CT molecular complexity index is 568. The highest BCUT2D eigenvalue weighted by Crippen LogP contribution is 2.32. The molecule has 1 aromatic carbocycles. The van der Waals surface area contributed by atoms with E-state index in [4.69, 9.17) is 4.74 Å². The Morgan fingerprint density at radius 1 is 1.19 bits per heavy atom. The fraction of sp³-hybridized carbons (Fsp3) is 0.412. The van der Waals surface area contributed by atoms with Crippen LogP contribution in [0.5, 0.6) is 5.75 Å². The third-order valence-electron chi connectivity index (χ3n) is 3.60. The normalized spacial score (nSPS) is 14.2.